The number of benzene rings is 2. The number of nitrogens with one attached hydrogen (secondary N) is 4. The van der Waals surface area contributed by atoms with Crippen molar-refractivity contribution in [3.05, 3.63) is 89.8 Å². The first-order valence-corrected chi connectivity index (χ1v) is 12.4. The van der Waals surface area contributed by atoms with Crippen molar-refractivity contribution < 1.29 is 23.1 Å². The molecule has 0 bridgehead atoms. The Bertz CT molecular complexity index is 1360. The highest BCUT2D eigenvalue weighted by Gasteiger charge is 2.07. The smallest absolute Gasteiger partial charge is 0.211 e. The molecule has 0 saturated heterocycles. The van der Waals surface area contributed by atoms with E-state index in [4.69, 9.17) is 10.5 Å². The number of aromatic amines is 1. The zero-order chi connectivity index (χ0) is 29.3. The van der Waals surface area contributed by atoms with Crippen LogP contribution in [0.3, 0.4) is 0 Å². The van der Waals surface area contributed by atoms with Gasteiger partial charge < -0.3 is 31.4 Å². The number of aryl methyl sites for hydroxylation is 2. The van der Waals surface area contributed by atoms with Crippen LogP contribution in [0.25, 0.3) is 11.4 Å². The van der Waals surface area contributed by atoms with Gasteiger partial charge in [-0.3, -0.25) is 14.6 Å². The van der Waals surface area contributed by atoms with Gasteiger partial charge in [-0.1, -0.05) is 6.07 Å². The highest BCUT2D eigenvalue weighted by molar-refractivity contribution is 5.71. The molecule has 0 aliphatic heterocycles. The molecule has 212 valence electrons. The topological polar surface area (TPSA) is 134 Å². The molecular formula is C29H34F2N6O3. The molecule has 0 saturated carbocycles. The number of ether oxygens (including phenoxy) is 1. The zero-order valence-corrected chi connectivity index (χ0v) is 22.6. The molecule has 2 aromatic heterocycles. The van der Waals surface area contributed by atoms with Gasteiger partial charge in [0.1, 0.15) is 23.1 Å². The molecule has 0 spiro atoms. The number of carbonyl (C=O) groups is 2. The lowest BCUT2D eigenvalue weighted by Gasteiger charge is -2.08. The van der Waals surface area contributed by atoms with Gasteiger partial charge in [-0.15, -0.1) is 0 Å². The molecule has 0 atom stereocenters. The first-order chi connectivity index (χ1) is 19.3. The molecule has 0 fully saturated rings. The molecule has 0 aliphatic carbocycles. The van der Waals surface area contributed by atoms with E-state index in [2.05, 4.69) is 25.9 Å². The second-order valence-electron chi connectivity index (χ2n) is 8.42. The first kappa shape index (κ1) is 31.4. The Morgan fingerprint density at radius 2 is 1.70 bits per heavy atom. The monoisotopic (exact) mass is 552 g/mol. The van der Waals surface area contributed by atoms with E-state index in [0.717, 1.165) is 28.9 Å². The Morgan fingerprint density at radius 3 is 2.33 bits per heavy atom. The number of halogens is 2. The number of nitrogens with zero attached hydrogens (tertiary/aromatic N) is 1. The molecule has 6 N–H and O–H groups in total. The predicted molar refractivity (Wildman–Crippen MR) is 153 cm³/mol. The summed E-state index contributed by atoms with van der Waals surface area (Å²) in [5.74, 6) is 0.280. The van der Waals surface area contributed by atoms with Gasteiger partial charge in [0.2, 0.25) is 12.8 Å². The van der Waals surface area contributed by atoms with Crippen molar-refractivity contribution in [2.45, 2.75) is 20.3 Å². The van der Waals surface area contributed by atoms with E-state index in [1.807, 2.05) is 32.2 Å². The summed E-state index contributed by atoms with van der Waals surface area (Å²) >= 11 is 0. The second-order valence-corrected chi connectivity index (χ2v) is 8.42. The van der Waals surface area contributed by atoms with Gasteiger partial charge >= 0.3 is 0 Å². The van der Waals surface area contributed by atoms with Crippen LogP contribution in [-0.4, -0.2) is 42.9 Å². The van der Waals surface area contributed by atoms with Crippen LogP contribution in [0, 0.1) is 25.5 Å². The Labute approximate surface area is 232 Å². The van der Waals surface area contributed by atoms with Gasteiger partial charge in [-0.25, -0.2) is 8.78 Å². The average molecular weight is 553 g/mol. The minimum absolute atomic E-state index is 0.222. The molecule has 2 amide bonds. The lowest BCUT2D eigenvalue weighted by Crippen LogP contribution is -2.15. The standard InChI is InChI=1S/C17H16FN3O.C8H8FNO.C4H10N2O/c1-11-7-16(21-10-11)17-9-13(5-6-20-17)22-12-3-4-15(19-2)14(18)8-12;1-6-2-3-7(9)8(4-6)10-5-11;5-2-1-3-6-4-7/h3-10,19,21H,1-2H3;2-5H,1H3,(H,10,11);4H,1-3,5H2,(H,6,7). The Kier molecular flexibility index (Phi) is 13.3. The van der Waals surface area contributed by atoms with Gasteiger partial charge in [0, 0.05) is 38.1 Å². The number of aromatic nitrogens is 2. The van der Waals surface area contributed by atoms with E-state index in [1.54, 1.807) is 43.6 Å². The summed E-state index contributed by atoms with van der Waals surface area (Å²) in [5.41, 5.74) is 9.51. The third kappa shape index (κ3) is 10.5. The summed E-state index contributed by atoms with van der Waals surface area (Å²) in [7, 11) is 1.67. The molecule has 11 heteroatoms. The maximum absolute atomic E-state index is 13.7. The highest BCUT2D eigenvalue weighted by Crippen LogP contribution is 2.27. The molecule has 4 aromatic rings. The van der Waals surface area contributed by atoms with Crippen molar-refractivity contribution in [3.63, 3.8) is 0 Å². The minimum Gasteiger partial charge on any atom is -0.457 e. The van der Waals surface area contributed by atoms with E-state index in [1.165, 1.54) is 12.1 Å². The highest BCUT2D eigenvalue weighted by atomic mass is 19.1. The van der Waals surface area contributed by atoms with E-state index in [9.17, 15) is 18.4 Å². The van der Waals surface area contributed by atoms with Crippen LogP contribution >= 0.6 is 0 Å². The van der Waals surface area contributed by atoms with Crippen LogP contribution in [-0.2, 0) is 9.59 Å². The van der Waals surface area contributed by atoms with Crippen LogP contribution in [0.2, 0.25) is 0 Å². The molecule has 0 aliphatic rings. The van der Waals surface area contributed by atoms with Gasteiger partial charge in [-0.2, -0.15) is 0 Å². The summed E-state index contributed by atoms with van der Waals surface area (Å²) in [4.78, 5) is 27.0. The zero-order valence-electron chi connectivity index (χ0n) is 22.6. The van der Waals surface area contributed by atoms with Crippen LogP contribution < -0.4 is 26.4 Å². The largest absolute Gasteiger partial charge is 0.457 e. The fourth-order valence-electron chi connectivity index (χ4n) is 3.25. The summed E-state index contributed by atoms with van der Waals surface area (Å²) in [5, 5.41) is 7.52. The van der Waals surface area contributed by atoms with Crippen LogP contribution in [0.4, 0.5) is 20.2 Å². The number of carbonyl (C=O) groups excluding carboxylic acids is 2. The Hall–Kier alpha value is -4.77. The summed E-state index contributed by atoms with van der Waals surface area (Å²) in [6, 6.07) is 14.8. The second kappa shape index (κ2) is 16.9. The number of nitrogens with two attached hydrogens (primary N) is 1. The van der Waals surface area contributed by atoms with Crippen molar-refractivity contribution in [2.24, 2.45) is 5.73 Å². The SMILES string of the molecule is CNc1ccc(Oc2ccnc(-c3cc(C)c[nH]3)c2)cc1F.Cc1ccc(F)c(NC=O)c1.NCCCNC=O. The van der Waals surface area contributed by atoms with E-state index >= 15 is 0 Å². The first-order valence-electron chi connectivity index (χ1n) is 12.4. The molecule has 2 heterocycles. The molecule has 40 heavy (non-hydrogen) atoms. The van der Waals surface area contributed by atoms with Crippen molar-refractivity contribution >= 4 is 24.2 Å². The Balaban J connectivity index is 0.000000259. The number of rotatable bonds is 10. The fraction of sp³-hybridized carbons (Fsp3) is 0.207. The van der Waals surface area contributed by atoms with Crippen molar-refractivity contribution in [1.29, 1.82) is 0 Å². The number of anilines is 2. The van der Waals surface area contributed by atoms with Crippen LogP contribution in [0.15, 0.2) is 67.0 Å². The molecular weight excluding hydrogens is 518 g/mol. The van der Waals surface area contributed by atoms with Gasteiger partial charge in [0.15, 0.2) is 0 Å². The minimum atomic E-state index is -0.414. The molecule has 2 aromatic carbocycles. The molecule has 9 nitrogen and oxygen atoms in total. The van der Waals surface area contributed by atoms with E-state index in [0.29, 0.717) is 43.1 Å². The third-order valence-corrected chi connectivity index (χ3v) is 5.23. The van der Waals surface area contributed by atoms with Crippen molar-refractivity contribution in [1.82, 2.24) is 15.3 Å². The normalized spacial score (nSPS) is 9.75. The third-order valence-electron chi connectivity index (χ3n) is 5.23. The van der Waals surface area contributed by atoms with E-state index < -0.39 is 5.82 Å². The Morgan fingerprint density at radius 1 is 0.925 bits per heavy atom. The average Bonchev–Trinajstić information content (AvgIpc) is 3.39. The maximum atomic E-state index is 13.7. The number of amides is 2. The van der Waals surface area contributed by atoms with Crippen LogP contribution in [0.5, 0.6) is 11.5 Å². The van der Waals surface area contributed by atoms with Crippen molar-refractivity contribution in [2.75, 3.05) is 30.8 Å². The summed E-state index contributed by atoms with van der Waals surface area (Å²) in [6.07, 6.45) is 5.57. The lowest BCUT2D eigenvalue weighted by atomic mass is 10.2. The number of pyridine rings is 1. The quantitative estimate of drug-likeness (QED) is 0.137. The predicted octanol–water partition coefficient (Wildman–Crippen LogP) is 5.14. The summed E-state index contributed by atoms with van der Waals surface area (Å²) < 4.78 is 32.2. The number of hydrogen-bond acceptors (Lipinski definition) is 6. The maximum Gasteiger partial charge on any atom is 0.211 e. The lowest BCUT2D eigenvalue weighted by molar-refractivity contribution is -0.109. The number of hydrogen-bond donors (Lipinski definition) is 5. The molecule has 0 unspecified atom stereocenters. The summed E-state index contributed by atoms with van der Waals surface area (Å²) in [6.45, 7) is 5.17. The van der Waals surface area contributed by atoms with Gasteiger partial charge in [0.25, 0.3) is 0 Å². The van der Waals surface area contributed by atoms with Crippen molar-refractivity contribution in [3.8, 4) is 22.9 Å². The molecule has 0 radical (unpaired) electrons. The van der Waals surface area contributed by atoms with Gasteiger partial charge in [-0.05, 0) is 74.3 Å². The number of H-pyrrole nitrogens is 1. The van der Waals surface area contributed by atoms with Gasteiger partial charge in [0.05, 0.1) is 22.8 Å². The van der Waals surface area contributed by atoms with Crippen LogP contribution in [0.1, 0.15) is 17.5 Å². The molecule has 4 rings (SSSR count). The van der Waals surface area contributed by atoms with E-state index in [-0.39, 0.29) is 11.5 Å². The fourth-order valence-corrected chi connectivity index (χ4v) is 3.25.